The number of carbonyl (C=O) groups excluding carboxylic acids is 1. The molecule has 1 atom stereocenters. The number of phenolic OH excluding ortho intramolecular Hbond substituents is 1. The summed E-state index contributed by atoms with van der Waals surface area (Å²) in [5.74, 6) is 1.69. The zero-order valence-corrected chi connectivity index (χ0v) is 19.0. The van der Waals surface area contributed by atoms with Crippen LogP contribution in [-0.4, -0.2) is 43.1 Å². The molecule has 2 aromatic carbocycles. The Balaban J connectivity index is 1.39. The maximum Gasteiger partial charge on any atom is 0.251 e. The summed E-state index contributed by atoms with van der Waals surface area (Å²) in [6.07, 6.45) is 6.21. The smallest absolute Gasteiger partial charge is 0.251 e. The lowest BCUT2D eigenvalue weighted by atomic mass is 10.1. The Bertz CT molecular complexity index is 1180. The van der Waals surface area contributed by atoms with Gasteiger partial charge in [0.1, 0.15) is 11.0 Å². The number of para-hydroxylation sites is 1. The fourth-order valence-corrected chi connectivity index (χ4v) is 4.33. The predicted octanol–water partition coefficient (Wildman–Crippen LogP) is 4.30. The number of nitrogens with zero attached hydrogens (tertiary/aromatic N) is 4. The van der Waals surface area contributed by atoms with Crippen LogP contribution in [0.3, 0.4) is 0 Å². The van der Waals surface area contributed by atoms with Crippen molar-refractivity contribution in [1.82, 2.24) is 25.1 Å². The third kappa shape index (κ3) is 5.61. The van der Waals surface area contributed by atoms with E-state index in [2.05, 4.69) is 20.5 Å². The molecule has 4 aromatic rings. The van der Waals surface area contributed by atoms with E-state index < -0.39 is 0 Å². The number of benzene rings is 2. The number of imidazole rings is 1. The second kappa shape index (κ2) is 10.8. The monoisotopic (exact) mass is 463 g/mol. The van der Waals surface area contributed by atoms with Crippen molar-refractivity contribution in [3.63, 3.8) is 0 Å². The third-order valence-corrected chi connectivity index (χ3v) is 6.17. The van der Waals surface area contributed by atoms with Crippen molar-refractivity contribution in [2.24, 2.45) is 0 Å². The highest BCUT2D eigenvalue weighted by Crippen LogP contribution is 2.39. The Morgan fingerprint density at radius 2 is 2.00 bits per heavy atom. The highest BCUT2D eigenvalue weighted by Gasteiger charge is 2.24. The third-order valence-electron chi connectivity index (χ3n) is 5.05. The van der Waals surface area contributed by atoms with Gasteiger partial charge in [-0.25, -0.2) is 4.98 Å². The summed E-state index contributed by atoms with van der Waals surface area (Å²) in [5.41, 5.74) is 2.03. The fraction of sp³-hybridized carbons (Fsp3) is 0.250. The molecule has 9 heteroatoms. The molecule has 0 saturated carbocycles. The van der Waals surface area contributed by atoms with Crippen LogP contribution >= 0.6 is 11.8 Å². The maximum absolute atomic E-state index is 12.4. The van der Waals surface area contributed by atoms with E-state index in [-0.39, 0.29) is 16.9 Å². The molecular formula is C24H25N5O3S. The van der Waals surface area contributed by atoms with Gasteiger partial charge in [0.25, 0.3) is 5.91 Å². The van der Waals surface area contributed by atoms with Crippen LogP contribution in [0.25, 0.3) is 11.5 Å². The van der Waals surface area contributed by atoms with E-state index in [1.54, 1.807) is 60.7 Å². The molecule has 0 fully saturated rings. The summed E-state index contributed by atoms with van der Waals surface area (Å²) >= 11 is 1.61. The van der Waals surface area contributed by atoms with Crippen molar-refractivity contribution >= 4 is 17.7 Å². The van der Waals surface area contributed by atoms with Crippen LogP contribution in [0, 0.1) is 0 Å². The topological polar surface area (TPSA) is 106 Å². The molecule has 170 valence electrons. The fourth-order valence-electron chi connectivity index (χ4n) is 3.38. The van der Waals surface area contributed by atoms with Crippen molar-refractivity contribution in [2.75, 3.05) is 12.3 Å². The highest BCUT2D eigenvalue weighted by atomic mass is 32.2. The van der Waals surface area contributed by atoms with Gasteiger partial charge >= 0.3 is 0 Å². The predicted molar refractivity (Wildman–Crippen MR) is 127 cm³/mol. The SMILES string of the molecule is CCSC(c1nnc(-c2ccc(C(=O)NCCCn3ccnc3)cc2)o1)c1ccccc1O. The number of phenols is 1. The van der Waals surface area contributed by atoms with E-state index in [4.69, 9.17) is 4.42 Å². The molecule has 4 rings (SSSR count). The Morgan fingerprint density at radius 3 is 2.73 bits per heavy atom. The summed E-state index contributed by atoms with van der Waals surface area (Å²) < 4.78 is 7.92. The molecule has 2 aromatic heterocycles. The molecule has 0 aliphatic heterocycles. The Labute approximate surface area is 196 Å². The van der Waals surface area contributed by atoms with Gasteiger partial charge in [-0.15, -0.1) is 22.0 Å². The lowest BCUT2D eigenvalue weighted by molar-refractivity contribution is 0.0952. The van der Waals surface area contributed by atoms with Crippen LogP contribution in [-0.2, 0) is 6.54 Å². The number of nitrogens with one attached hydrogen (secondary N) is 1. The minimum Gasteiger partial charge on any atom is -0.508 e. The summed E-state index contributed by atoms with van der Waals surface area (Å²) in [6.45, 7) is 3.42. The number of aromatic hydroxyl groups is 1. The lowest BCUT2D eigenvalue weighted by Crippen LogP contribution is -2.25. The van der Waals surface area contributed by atoms with Gasteiger partial charge in [-0.3, -0.25) is 4.79 Å². The van der Waals surface area contributed by atoms with Crippen LogP contribution in [0.4, 0.5) is 0 Å². The number of rotatable bonds is 10. The first-order valence-electron chi connectivity index (χ1n) is 10.7. The summed E-state index contributed by atoms with van der Waals surface area (Å²) in [5, 5.41) is 21.3. The molecule has 2 N–H and O–H groups in total. The number of amides is 1. The largest absolute Gasteiger partial charge is 0.508 e. The van der Waals surface area contributed by atoms with Gasteiger partial charge in [-0.05, 0) is 42.5 Å². The number of thioether (sulfide) groups is 1. The number of carbonyl (C=O) groups is 1. The van der Waals surface area contributed by atoms with Crippen molar-refractivity contribution in [3.8, 4) is 17.2 Å². The van der Waals surface area contributed by atoms with Gasteiger partial charge in [0.05, 0.1) is 6.33 Å². The zero-order valence-electron chi connectivity index (χ0n) is 18.2. The molecule has 1 unspecified atom stereocenters. The van der Waals surface area contributed by atoms with Gasteiger partial charge in [0.2, 0.25) is 11.8 Å². The first-order chi connectivity index (χ1) is 16.2. The van der Waals surface area contributed by atoms with Crippen molar-refractivity contribution in [2.45, 2.75) is 25.1 Å². The average Bonchev–Trinajstić information content (AvgIpc) is 3.53. The van der Waals surface area contributed by atoms with Crippen molar-refractivity contribution < 1.29 is 14.3 Å². The van der Waals surface area contributed by atoms with E-state index in [0.29, 0.717) is 23.9 Å². The second-order valence-corrected chi connectivity index (χ2v) is 8.71. The molecule has 0 saturated heterocycles. The van der Waals surface area contributed by atoms with Crippen LogP contribution in [0.15, 0.2) is 71.7 Å². The molecule has 0 aliphatic rings. The molecule has 0 radical (unpaired) electrons. The van der Waals surface area contributed by atoms with E-state index >= 15 is 0 Å². The average molecular weight is 464 g/mol. The van der Waals surface area contributed by atoms with E-state index in [1.165, 1.54) is 0 Å². The van der Waals surface area contributed by atoms with Gasteiger partial charge < -0.3 is 19.4 Å². The molecule has 0 spiro atoms. The van der Waals surface area contributed by atoms with Crippen LogP contribution in [0.5, 0.6) is 5.75 Å². The number of aryl methyl sites for hydroxylation is 1. The summed E-state index contributed by atoms with van der Waals surface area (Å²) in [7, 11) is 0. The molecule has 2 heterocycles. The lowest BCUT2D eigenvalue weighted by Gasteiger charge is -2.13. The minimum atomic E-state index is -0.259. The van der Waals surface area contributed by atoms with Gasteiger partial charge in [0, 0.05) is 42.2 Å². The zero-order chi connectivity index (χ0) is 23.0. The quantitative estimate of drug-likeness (QED) is 0.338. The number of aromatic nitrogens is 4. The van der Waals surface area contributed by atoms with Gasteiger partial charge in [-0.2, -0.15) is 0 Å². The van der Waals surface area contributed by atoms with E-state index in [9.17, 15) is 9.90 Å². The Morgan fingerprint density at radius 1 is 1.18 bits per heavy atom. The molecule has 0 bridgehead atoms. The second-order valence-electron chi connectivity index (χ2n) is 7.33. The highest BCUT2D eigenvalue weighted by molar-refractivity contribution is 7.99. The van der Waals surface area contributed by atoms with Crippen molar-refractivity contribution in [3.05, 3.63) is 84.3 Å². The van der Waals surface area contributed by atoms with Crippen LogP contribution < -0.4 is 5.32 Å². The van der Waals surface area contributed by atoms with Crippen LogP contribution in [0.2, 0.25) is 0 Å². The van der Waals surface area contributed by atoms with Crippen molar-refractivity contribution in [1.29, 1.82) is 0 Å². The molecule has 0 aliphatic carbocycles. The molecular weight excluding hydrogens is 438 g/mol. The van der Waals surface area contributed by atoms with Gasteiger partial charge in [0.15, 0.2) is 0 Å². The normalized spacial score (nSPS) is 11.9. The minimum absolute atomic E-state index is 0.127. The first kappa shape index (κ1) is 22.6. The summed E-state index contributed by atoms with van der Waals surface area (Å²) in [4.78, 5) is 16.4. The van der Waals surface area contributed by atoms with E-state index in [0.717, 1.165) is 29.8 Å². The molecule has 8 nitrogen and oxygen atoms in total. The van der Waals surface area contributed by atoms with Crippen LogP contribution in [0.1, 0.15) is 40.4 Å². The number of hydrogen-bond acceptors (Lipinski definition) is 7. The first-order valence-corrected chi connectivity index (χ1v) is 11.8. The summed E-state index contributed by atoms with van der Waals surface area (Å²) in [6, 6.07) is 14.2. The van der Waals surface area contributed by atoms with Gasteiger partial charge in [-0.1, -0.05) is 25.1 Å². The Hall–Kier alpha value is -3.59. The molecule has 1 amide bonds. The number of hydrogen-bond donors (Lipinski definition) is 2. The van der Waals surface area contributed by atoms with E-state index in [1.807, 2.05) is 29.8 Å². The molecule has 33 heavy (non-hydrogen) atoms. The standard InChI is InChI=1S/C24H25N5O3S/c1-2-33-21(19-6-3-4-7-20(19)30)24-28-27-23(32-24)18-10-8-17(9-11-18)22(31)26-12-5-14-29-15-13-25-16-29/h3-4,6-11,13,15-16,21,30H,2,5,12,14H2,1H3,(H,26,31). The maximum atomic E-state index is 12.4. The Kier molecular flexibility index (Phi) is 7.41.